The van der Waals surface area contributed by atoms with Crippen molar-refractivity contribution in [2.75, 3.05) is 0 Å². The van der Waals surface area contributed by atoms with Crippen molar-refractivity contribution in [3.05, 3.63) is 36.0 Å². The molecule has 5 nitrogen and oxygen atoms in total. The molecule has 5 heteroatoms. The maximum Gasteiger partial charge on any atom is 0.326 e. The number of nitrogens with zero attached hydrogens (tertiary/aromatic N) is 1. The molecule has 0 saturated carbocycles. The minimum atomic E-state index is -1.02. The van der Waals surface area contributed by atoms with Crippen LogP contribution in [-0.4, -0.2) is 27.6 Å². The number of benzene rings is 1. The summed E-state index contributed by atoms with van der Waals surface area (Å²) in [4.78, 5) is 23.5. The molecule has 1 atom stereocenters. The summed E-state index contributed by atoms with van der Waals surface area (Å²) in [5, 5.41) is 12.5. The van der Waals surface area contributed by atoms with Gasteiger partial charge in [-0.3, -0.25) is 4.79 Å². The van der Waals surface area contributed by atoms with Crippen molar-refractivity contribution >= 4 is 22.8 Å². The summed E-state index contributed by atoms with van der Waals surface area (Å²) in [6.45, 7) is 3.53. The standard InChI is InChI=1S/C15H18N2O3/c1-9(2)13(15(19)20)16-14(18)11-8-17(3)12-7-5-4-6-10(11)12/h4-9,13H,1-3H3,(H,16,18)(H,19,20)/t13-/m0/s1. The number of para-hydroxylation sites is 1. The fraction of sp³-hybridized carbons (Fsp3) is 0.333. The highest BCUT2D eigenvalue weighted by Gasteiger charge is 2.25. The summed E-state index contributed by atoms with van der Waals surface area (Å²) in [5.41, 5.74) is 1.43. The molecule has 1 aromatic carbocycles. The van der Waals surface area contributed by atoms with Crippen LogP contribution in [0, 0.1) is 5.92 Å². The molecular formula is C15H18N2O3. The van der Waals surface area contributed by atoms with Crippen molar-refractivity contribution in [2.45, 2.75) is 19.9 Å². The van der Waals surface area contributed by atoms with Gasteiger partial charge in [0, 0.05) is 24.1 Å². The van der Waals surface area contributed by atoms with E-state index in [0.717, 1.165) is 10.9 Å². The van der Waals surface area contributed by atoms with E-state index >= 15 is 0 Å². The van der Waals surface area contributed by atoms with Gasteiger partial charge in [-0.1, -0.05) is 32.0 Å². The molecule has 0 saturated heterocycles. The number of amides is 1. The van der Waals surface area contributed by atoms with Gasteiger partial charge in [0.15, 0.2) is 0 Å². The average Bonchev–Trinajstić information content (AvgIpc) is 2.73. The first-order valence-electron chi connectivity index (χ1n) is 6.49. The molecule has 0 bridgehead atoms. The van der Waals surface area contributed by atoms with E-state index in [4.69, 9.17) is 5.11 Å². The van der Waals surface area contributed by atoms with Gasteiger partial charge in [-0.25, -0.2) is 4.79 Å². The Morgan fingerprint density at radius 1 is 1.25 bits per heavy atom. The summed E-state index contributed by atoms with van der Waals surface area (Å²) < 4.78 is 1.86. The largest absolute Gasteiger partial charge is 0.480 e. The van der Waals surface area contributed by atoms with Gasteiger partial charge in [0.05, 0.1) is 5.56 Å². The third-order valence-corrected chi connectivity index (χ3v) is 3.36. The van der Waals surface area contributed by atoms with E-state index in [0.29, 0.717) is 5.56 Å². The van der Waals surface area contributed by atoms with Crippen molar-refractivity contribution in [3.8, 4) is 0 Å². The smallest absolute Gasteiger partial charge is 0.326 e. The Morgan fingerprint density at radius 2 is 1.90 bits per heavy atom. The summed E-state index contributed by atoms with van der Waals surface area (Å²) in [6, 6.07) is 6.65. The predicted octanol–water partition coefficient (Wildman–Crippen LogP) is 2.02. The summed E-state index contributed by atoms with van der Waals surface area (Å²) >= 11 is 0. The Kier molecular flexibility index (Phi) is 3.79. The molecule has 0 radical (unpaired) electrons. The fourth-order valence-electron chi connectivity index (χ4n) is 2.26. The van der Waals surface area contributed by atoms with E-state index in [1.165, 1.54) is 0 Å². The van der Waals surface area contributed by atoms with Gasteiger partial charge in [-0.05, 0) is 12.0 Å². The van der Waals surface area contributed by atoms with Crippen molar-refractivity contribution in [3.63, 3.8) is 0 Å². The number of carbonyl (C=O) groups is 2. The van der Waals surface area contributed by atoms with Crippen LogP contribution < -0.4 is 5.32 Å². The molecule has 2 aromatic rings. The van der Waals surface area contributed by atoms with Gasteiger partial charge in [-0.15, -0.1) is 0 Å². The maximum atomic E-state index is 12.3. The number of carboxylic acid groups (broad SMARTS) is 1. The molecule has 0 unspecified atom stereocenters. The van der Waals surface area contributed by atoms with Gasteiger partial charge in [-0.2, -0.15) is 0 Å². The summed E-state index contributed by atoms with van der Waals surface area (Å²) in [6.07, 6.45) is 1.72. The van der Waals surface area contributed by atoms with E-state index in [1.807, 2.05) is 35.9 Å². The molecule has 0 aliphatic carbocycles. The van der Waals surface area contributed by atoms with Crippen LogP contribution in [-0.2, 0) is 11.8 Å². The van der Waals surface area contributed by atoms with E-state index in [2.05, 4.69) is 5.32 Å². The summed E-state index contributed by atoms with van der Waals surface area (Å²) in [7, 11) is 1.86. The number of fused-ring (bicyclic) bond motifs is 1. The lowest BCUT2D eigenvalue weighted by atomic mass is 10.0. The SMILES string of the molecule is CC(C)[C@H](NC(=O)c1cn(C)c2ccccc12)C(=O)O. The van der Waals surface area contributed by atoms with Crippen LogP contribution in [0.5, 0.6) is 0 Å². The van der Waals surface area contributed by atoms with Gasteiger partial charge < -0.3 is 15.0 Å². The van der Waals surface area contributed by atoms with Crippen LogP contribution in [0.25, 0.3) is 10.9 Å². The van der Waals surface area contributed by atoms with Crippen LogP contribution in [0.1, 0.15) is 24.2 Å². The van der Waals surface area contributed by atoms with Crippen molar-refractivity contribution in [1.29, 1.82) is 0 Å². The molecule has 0 fully saturated rings. The molecule has 2 N–H and O–H groups in total. The minimum absolute atomic E-state index is 0.175. The molecule has 1 amide bonds. The number of hydrogen-bond donors (Lipinski definition) is 2. The lowest BCUT2D eigenvalue weighted by Gasteiger charge is -2.17. The second-order valence-electron chi connectivity index (χ2n) is 5.20. The number of rotatable bonds is 4. The lowest BCUT2D eigenvalue weighted by Crippen LogP contribution is -2.44. The number of carbonyl (C=O) groups excluding carboxylic acids is 1. The fourth-order valence-corrected chi connectivity index (χ4v) is 2.26. The highest BCUT2D eigenvalue weighted by molar-refractivity contribution is 6.07. The third kappa shape index (κ3) is 2.52. The highest BCUT2D eigenvalue weighted by Crippen LogP contribution is 2.20. The van der Waals surface area contributed by atoms with Crippen LogP contribution in [0.15, 0.2) is 30.5 Å². The zero-order valence-corrected chi connectivity index (χ0v) is 11.8. The molecule has 106 valence electrons. The second-order valence-corrected chi connectivity index (χ2v) is 5.20. The van der Waals surface area contributed by atoms with Crippen LogP contribution in [0.4, 0.5) is 0 Å². The van der Waals surface area contributed by atoms with E-state index in [-0.39, 0.29) is 11.8 Å². The Labute approximate surface area is 117 Å². The third-order valence-electron chi connectivity index (χ3n) is 3.36. The topological polar surface area (TPSA) is 71.3 Å². The Bertz CT molecular complexity index is 658. The number of hydrogen-bond acceptors (Lipinski definition) is 2. The van der Waals surface area contributed by atoms with Gasteiger partial charge >= 0.3 is 5.97 Å². The number of nitrogens with one attached hydrogen (secondary N) is 1. The van der Waals surface area contributed by atoms with Gasteiger partial charge in [0.25, 0.3) is 5.91 Å². The van der Waals surface area contributed by atoms with Gasteiger partial charge in [0.1, 0.15) is 6.04 Å². The first-order valence-corrected chi connectivity index (χ1v) is 6.49. The minimum Gasteiger partial charge on any atom is -0.480 e. The normalized spacial score (nSPS) is 12.6. The maximum absolute atomic E-state index is 12.3. The van der Waals surface area contributed by atoms with Crippen molar-refractivity contribution < 1.29 is 14.7 Å². The molecule has 1 heterocycles. The van der Waals surface area contributed by atoms with Crippen molar-refractivity contribution in [1.82, 2.24) is 9.88 Å². The first-order chi connectivity index (χ1) is 9.41. The molecule has 0 spiro atoms. The molecule has 0 aliphatic rings. The Morgan fingerprint density at radius 3 is 2.50 bits per heavy atom. The molecule has 20 heavy (non-hydrogen) atoms. The average molecular weight is 274 g/mol. The number of aliphatic carboxylic acids is 1. The highest BCUT2D eigenvalue weighted by atomic mass is 16.4. The van der Waals surface area contributed by atoms with Gasteiger partial charge in [0.2, 0.25) is 0 Å². The monoisotopic (exact) mass is 274 g/mol. The van der Waals surface area contributed by atoms with Crippen LogP contribution >= 0.6 is 0 Å². The predicted molar refractivity (Wildman–Crippen MR) is 76.6 cm³/mol. The molecular weight excluding hydrogens is 256 g/mol. The number of aromatic nitrogens is 1. The first kappa shape index (κ1) is 14.1. The molecule has 2 rings (SSSR count). The molecule has 1 aromatic heterocycles. The number of carboxylic acids is 1. The van der Waals surface area contributed by atoms with Crippen LogP contribution in [0.2, 0.25) is 0 Å². The lowest BCUT2D eigenvalue weighted by molar-refractivity contribution is -0.140. The van der Waals surface area contributed by atoms with E-state index in [1.54, 1.807) is 20.0 Å². The van der Waals surface area contributed by atoms with E-state index in [9.17, 15) is 9.59 Å². The van der Waals surface area contributed by atoms with E-state index < -0.39 is 12.0 Å². The zero-order chi connectivity index (χ0) is 14.9. The quantitative estimate of drug-likeness (QED) is 0.896. The Hall–Kier alpha value is -2.30. The molecule has 0 aliphatic heterocycles. The second kappa shape index (κ2) is 5.36. The summed E-state index contributed by atoms with van der Waals surface area (Å²) in [5.74, 6) is -1.55. The Balaban J connectivity index is 2.34. The van der Waals surface area contributed by atoms with Crippen molar-refractivity contribution in [2.24, 2.45) is 13.0 Å². The van der Waals surface area contributed by atoms with Crippen LogP contribution in [0.3, 0.4) is 0 Å². The zero-order valence-electron chi connectivity index (χ0n) is 11.8. The number of aryl methyl sites for hydroxylation is 1.